The van der Waals surface area contributed by atoms with E-state index >= 15 is 0 Å². The van der Waals surface area contributed by atoms with Crippen molar-refractivity contribution in [3.05, 3.63) is 16.6 Å². The largest absolute Gasteiger partial charge is 0.337 e. The van der Waals surface area contributed by atoms with E-state index in [9.17, 15) is 0 Å². The second kappa shape index (κ2) is 2.31. The van der Waals surface area contributed by atoms with Gasteiger partial charge in [-0.25, -0.2) is 4.98 Å². The summed E-state index contributed by atoms with van der Waals surface area (Å²) in [5.41, 5.74) is 0. The van der Waals surface area contributed by atoms with Crippen molar-refractivity contribution >= 4 is 15.9 Å². The average molecular weight is 181 g/mol. The maximum absolute atomic E-state index is 7.33. The van der Waals surface area contributed by atoms with Gasteiger partial charge in [-0.2, -0.15) is 0 Å². The van der Waals surface area contributed by atoms with Crippen LogP contribution in [0.1, 0.15) is 20.9 Å². The molecule has 0 unspecified atom stereocenters. The summed E-state index contributed by atoms with van der Waals surface area (Å²) in [5, 5.41) is 0. The molecule has 0 fully saturated rings. The van der Waals surface area contributed by atoms with Crippen molar-refractivity contribution in [3.63, 3.8) is 0 Å². The zero-order valence-corrected chi connectivity index (χ0v) is 5.41. The smallest absolute Gasteiger partial charge is 0.106 e. The summed E-state index contributed by atoms with van der Waals surface area (Å²) in [6.07, 6.45) is -2.79. The van der Waals surface area contributed by atoms with Gasteiger partial charge >= 0.3 is 0 Å². The summed E-state index contributed by atoms with van der Waals surface area (Å²) in [7, 11) is 0. The van der Waals surface area contributed by atoms with Crippen molar-refractivity contribution in [3.8, 4) is 0 Å². The van der Waals surface area contributed by atoms with Gasteiger partial charge in [0.2, 0.25) is 0 Å². The SMILES string of the molecule is [2H]c1nc(C([2H])([2H])C([2H])([2H])[2H])[nH]c1Br. The Morgan fingerprint density at radius 2 is 3.25 bits per heavy atom. The number of rotatable bonds is 1. The van der Waals surface area contributed by atoms with E-state index in [0.717, 1.165) is 0 Å². The molecule has 1 rings (SSSR count). The van der Waals surface area contributed by atoms with Gasteiger partial charge in [0, 0.05) is 13.2 Å². The standard InChI is InChI=1S/C5H7BrN2/c1-2-5-7-3-4(6)8-5/h3H,2H2,1H3,(H,7,8)/i1D3,2D2,3D. The van der Waals surface area contributed by atoms with E-state index < -0.39 is 13.2 Å². The van der Waals surface area contributed by atoms with Crippen molar-refractivity contribution in [1.29, 1.82) is 0 Å². The number of nitrogens with zero attached hydrogens (tertiary/aromatic N) is 1. The Balaban J connectivity index is 3.16. The van der Waals surface area contributed by atoms with Crippen LogP contribution in [0.15, 0.2) is 10.8 Å². The van der Waals surface area contributed by atoms with E-state index in [-0.39, 0.29) is 16.6 Å². The summed E-state index contributed by atoms with van der Waals surface area (Å²) in [6, 6.07) is 0. The van der Waals surface area contributed by atoms with Gasteiger partial charge < -0.3 is 4.98 Å². The quantitative estimate of drug-likeness (QED) is 0.702. The Bertz CT molecular complexity index is 323. The Kier molecular flexibility index (Phi) is 0.530. The molecule has 0 radical (unpaired) electrons. The number of H-pyrrole nitrogens is 1. The number of aryl methyl sites for hydroxylation is 1. The topological polar surface area (TPSA) is 28.7 Å². The van der Waals surface area contributed by atoms with Gasteiger partial charge in [-0.15, -0.1) is 0 Å². The summed E-state index contributed by atoms with van der Waals surface area (Å²) in [6.45, 7) is -2.81. The maximum Gasteiger partial charge on any atom is 0.106 e. The van der Waals surface area contributed by atoms with Crippen LogP contribution in [0.4, 0.5) is 0 Å². The van der Waals surface area contributed by atoms with E-state index in [1.54, 1.807) is 0 Å². The van der Waals surface area contributed by atoms with Gasteiger partial charge in [0.05, 0.1) is 7.54 Å². The fraction of sp³-hybridized carbons (Fsp3) is 0.400. The molecule has 1 aromatic heterocycles. The molecule has 2 nitrogen and oxygen atoms in total. The van der Waals surface area contributed by atoms with Gasteiger partial charge in [-0.1, -0.05) is 6.85 Å². The van der Waals surface area contributed by atoms with Crippen LogP contribution in [0.2, 0.25) is 0 Å². The van der Waals surface area contributed by atoms with Crippen molar-refractivity contribution in [2.75, 3.05) is 0 Å². The summed E-state index contributed by atoms with van der Waals surface area (Å²) in [4.78, 5) is 5.85. The lowest BCUT2D eigenvalue weighted by molar-refractivity contribution is 0.986. The molecule has 0 aromatic carbocycles. The molecule has 0 aliphatic heterocycles. The van der Waals surface area contributed by atoms with Crippen molar-refractivity contribution in [1.82, 2.24) is 9.97 Å². The molecule has 1 N–H and O–H groups in total. The number of hydrogen-bond donors (Lipinski definition) is 1. The van der Waals surface area contributed by atoms with Crippen LogP contribution < -0.4 is 0 Å². The van der Waals surface area contributed by atoms with Crippen LogP contribution in [-0.2, 0) is 6.37 Å². The maximum atomic E-state index is 7.33. The first-order chi connectivity index (χ1) is 6.16. The molecule has 0 bridgehead atoms. The highest BCUT2D eigenvalue weighted by Crippen LogP contribution is 2.04. The molecule has 1 aromatic rings. The molecule has 0 saturated heterocycles. The lowest BCUT2D eigenvalue weighted by Crippen LogP contribution is -1.79. The third-order valence-electron chi connectivity index (χ3n) is 0.612. The predicted octanol–water partition coefficient (Wildman–Crippen LogP) is 1.73. The molecule has 0 atom stereocenters. The van der Waals surface area contributed by atoms with Crippen LogP contribution in [0.25, 0.3) is 0 Å². The molecule has 0 saturated carbocycles. The molecule has 0 spiro atoms. The lowest BCUT2D eigenvalue weighted by Gasteiger charge is -1.81. The Morgan fingerprint density at radius 3 is 3.75 bits per heavy atom. The van der Waals surface area contributed by atoms with E-state index in [4.69, 9.17) is 8.22 Å². The van der Waals surface area contributed by atoms with E-state index in [1.165, 1.54) is 0 Å². The number of aromatic nitrogens is 2. The van der Waals surface area contributed by atoms with Crippen LogP contribution in [0.3, 0.4) is 0 Å². The van der Waals surface area contributed by atoms with Crippen LogP contribution >= 0.6 is 15.9 Å². The van der Waals surface area contributed by atoms with Crippen molar-refractivity contribution < 1.29 is 8.22 Å². The minimum atomic E-state index is -2.81. The van der Waals surface area contributed by atoms with E-state index in [1.807, 2.05) is 0 Å². The zero-order valence-electron chi connectivity index (χ0n) is 9.83. The van der Waals surface area contributed by atoms with E-state index in [0.29, 0.717) is 0 Å². The van der Waals surface area contributed by atoms with Gasteiger partial charge in [-0.3, -0.25) is 0 Å². The van der Waals surface area contributed by atoms with E-state index in [2.05, 4.69) is 25.9 Å². The van der Waals surface area contributed by atoms with Gasteiger partial charge in [-0.05, 0) is 15.9 Å². The molecule has 8 heavy (non-hydrogen) atoms. The Labute approximate surface area is 64.9 Å². The monoisotopic (exact) mass is 180 g/mol. The third-order valence-corrected chi connectivity index (χ3v) is 0.988. The fourth-order valence-corrected chi connectivity index (χ4v) is 0.600. The Hall–Kier alpha value is -0.310. The first kappa shape index (κ1) is 1.84. The zero-order chi connectivity index (χ0) is 11.1. The first-order valence-corrected chi connectivity index (χ1v) is 2.68. The van der Waals surface area contributed by atoms with Gasteiger partial charge in [0.1, 0.15) is 10.4 Å². The second-order valence-corrected chi connectivity index (χ2v) is 1.93. The lowest BCUT2D eigenvalue weighted by atomic mass is 10.5. The number of halogens is 1. The van der Waals surface area contributed by atoms with Crippen molar-refractivity contribution in [2.24, 2.45) is 0 Å². The summed E-state index contributed by atoms with van der Waals surface area (Å²) in [5.74, 6) is -0.366. The number of imidazole rings is 1. The highest BCUT2D eigenvalue weighted by molar-refractivity contribution is 9.10. The predicted molar refractivity (Wildman–Crippen MR) is 35.7 cm³/mol. The summed E-state index contributed by atoms with van der Waals surface area (Å²) >= 11 is 2.92. The molecule has 1 heterocycles. The highest BCUT2D eigenvalue weighted by Gasteiger charge is 1.90. The molecular weight excluding hydrogens is 168 g/mol. The summed E-state index contributed by atoms with van der Waals surface area (Å²) < 4.78 is 42.9. The third kappa shape index (κ3) is 1.10. The van der Waals surface area contributed by atoms with Gasteiger partial charge in [0.15, 0.2) is 0 Å². The molecule has 0 aliphatic carbocycles. The van der Waals surface area contributed by atoms with Crippen molar-refractivity contribution in [2.45, 2.75) is 13.2 Å². The number of aromatic amines is 1. The molecule has 0 aliphatic rings. The second-order valence-electron chi connectivity index (χ2n) is 1.14. The minimum absolute atomic E-state index is 0.167. The minimum Gasteiger partial charge on any atom is -0.337 e. The highest BCUT2D eigenvalue weighted by atomic mass is 79.9. The number of nitrogens with one attached hydrogen (secondary N) is 1. The molecule has 3 heteroatoms. The average Bonchev–Trinajstić information content (AvgIpc) is 2.30. The first-order valence-electron chi connectivity index (χ1n) is 4.89. The number of hydrogen-bond acceptors (Lipinski definition) is 1. The molecule has 44 valence electrons. The Morgan fingerprint density at radius 1 is 2.38 bits per heavy atom. The van der Waals surface area contributed by atoms with Crippen LogP contribution in [-0.4, -0.2) is 9.97 Å². The van der Waals surface area contributed by atoms with Gasteiger partial charge in [0.25, 0.3) is 0 Å². The molecule has 0 amide bonds. The fourth-order valence-electron chi connectivity index (χ4n) is 0.324. The van der Waals surface area contributed by atoms with Crippen LogP contribution in [0.5, 0.6) is 0 Å². The molecular formula is C5H7BrN2. The van der Waals surface area contributed by atoms with Crippen LogP contribution in [0, 0.1) is 0 Å². The normalized spacial score (nSPS) is 24.1.